The molecule has 1 N–H and O–H groups in total. The van der Waals surface area contributed by atoms with E-state index in [9.17, 15) is 4.79 Å². The molecular formula is C11H16N4O. The van der Waals surface area contributed by atoms with Gasteiger partial charge in [-0.05, 0) is 26.2 Å². The lowest BCUT2D eigenvalue weighted by atomic mass is 10.0. The van der Waals surface area contributed by atoms with Crippen molar-refractivity contribution in [3.05, 3.63) is 24.0 Å². The second-order valence-electron chi connectivity index (χ2n) is 3.87. The van der Waals surface area contributed by atoms with Crippen LogP contribution in [0.4, 0.5) is 0 Å². The molecule has 5 heteroatoms. The quantitative estimate of drug-likeness (QED) is 0.777. The Balaban J connectivity index is 2.02. The largest absolute Gasteiger partial charge is 0.344 e. The molecule has 2 rings (SSSR count). The number of hydrogen-bond donors (Lipinski definition) is 1. The van der Waals surface area contributed by atoms with Gasteiger partial charge in [-0.15, -0.1) is 5.10 Å². The lowest BCUT2D eigenvalue weighted by molar-refractivity contribution is 0.0931. The van der Waals surface area contributed by atoms with Crippen LogP contribution < -0.4 is 5.32 Å². The summed E-state index contributed by atoms with van der Waals surface area (Å²) in [6.07, 6.45) is 8.93. The van der Waals surface area contributed by atoms with Crippen molar-refractivity contribution in [1.29, 1.82) is 0 Å². The predicted molar refractivity (Wildman–Crippen MR) is 59.9 cm³/mol. The van der Waals surface area contributed by atoms with Gasteiger partial charge in [0.15, 0.2) is 0 Å². The number of aryl methyl sites for hydroxylation is 1. The Morgan fingerprint density at radius 3 is 3.25 bits per heavy atom. The normalized spacial score (nSPS) is 19.7. The van der Waals surface area contributed by atoms with Gasteiger partial charge in [-0.1, -0.05) is 17.4 Å². The Hall–Kier alpha value is -1.65. The Labute approximate surface area is 94.5 Å². The molecule has 0 saturated heterocycles. The van der Waals surface area contributed by atoms with Crippen molar-refractivity contribution < 1.29 is 4.79 Å². The smallest absolute Gasteiger partial charge is 0.271 e. The second kappa shape index (κ2) is 4.92. The van der Waals surface area contributed by atoms with Crippen LogP contribution >= 0.6 is 0 Å². The zero-order valence-corrected chi connectivity index (χ0v) is 9.39. The van der Waals surface area contributed by atoms with Crippen molar-refractivity contribution in [3.63, 3.8) is 0 Å². The zero-order chi connectivity index (χ0) is 11.4. The van der Waals surface area contributed by atoms with Crippen LogP contribution in [0.15, 0.2) is 18.3 Å². The van der Waals surface area contributed by atoms with E-state index in [0.29, 0.717) is 12.2 Å². The third kappa shape index (κ3) is 2.29. The highest BCUT2D eigenvalue weighted by atomic mass is 16.2. The highest BCUT2D eigenvalue weighted by Crippen LogP contribution is 2.10. The maximum Gasteiger partial charge on any atom is 0.271 e. The van der Waals surface area contributed by atoms with Gasteiger partial charge >= 0.3 is 0 Å². The zero-order valence-electron chi connectivity index (χ0n) is 9.39. The molecule has 0 bridgehead atoms. The SMILES string of the molecule is CCn1nncc1C(=O)NC1C=CCCC1. The van der Waals surface area contributed by atoms with Gasteiger partial charge in [0.25, 0.3) is 5.91 Å². The molecule has 1 unspecified atom stereocenters. The van der Waals surface area contributed by atoms with E-state index in [0.717, 1.165) is 19.3 Å². The molecule has 5 nitrogen and oxygen atoms in total. The molecule has 1 amide bonds. The number of allylic oxidation sites excluding steroid dienone is 1. The standard InChI is InChI=1S/C11H16N4O/c1-2-15-10(8-12-14-15)11(16)13-9-6-4-3-5-7-9/h4,6,8-9H,2-3,5,7H2,1H3,(H,13,16). The van der Waals surface area contributed by atoms with Crippen LogP contribution in [0.25, 0.3) is 0 Å². The predicted octanol–water partition coefficient (Wildman–Crippen LogP) is 1.14. The van der Waals surface area contributed by atoms with Crippen LogP contribution in [0.5, 0.6) is 0 Å². The van der Waals surface area contributed by atoms with Gasteiger partial charge < -0.3 is 5.32 Å². The highest BCUT2D eigenvalue weighted by Gasteiger charge is 2.16. The lowest BCUT2D eigenvalue weighted by Gasteiger charge is -2.17. The number of rotatable bonds is 3. The molecular weight excluding hydrogens is 204 g/mol. The Kier molecular flexibility index (Phi) is 3.34. The maximum atomic E-state index is 11.9. The summed E-state index contributed by atoms with van der Waals surface area (Å²) in [5.74, 6) is -0.0941. The minimum absolute atomic E-state index is 0.0941. The first-order valence-electron chi connectivity index (χ1n) is 5.67. The summed E-state index contributed by atoms with van der Waals surface area (Å²) in [4.78, 5) is 11.9. The third-order valence-corrected chi connectivity index (χ3v) is 2.72. The van der Waals surface area contributed by atoms with Gasteiger partial charge in [0, 0.05) is 12.6 Å². The molecule has 0 aliphatic heterocycles. The van der Waals surface area contributed by atoms with Crippen molar-refractivity contribution in [3.8, 4) is 0 Å². The molecule has 1 heterocycles. The topological polar surface area (TPSA) is 59.8 Å². The van der Waals surface area contributed by atoms with E-state index in [1.807, 2.05) is 6.92 Å². The number of carbonyl (C=O) groups is 1. The molecule has 0 aromatic carbocycles. The Bertz CT molecular complexity index is 396. The summed E-state index contributed by atoms with van der Waals surface area (Å²) in [5, 5.41) is 10.5. The monoisotopic (exact) mass is 220 g/mol. The van der Waals surface area contributed by atoms with E-state index in [2.05, 4.69) is 27.8 Å². The number of hydrogen-bond acceptors (Lipinski definition) is 3. The van der Waals surface area contributed by atoms with Gasteiger partial charge in [0.2, 0.25) is 0 Å². The molecule has 1 atom stereocenters. The second-order valence-corrected chi connectivity index (χ2v) is 3.87. The average molecular weight is 220 g/mol. The first-order chi connectivity index (χ1) is 7.81. The number of nitrogens with zero attached hydrogens (tertiary/aromatic N) is 3. The number of aromatic nitrogens is 3. The van der Waals surface area contributed by atoms with Crippen LogP contribution in [0.1, 0.15) is 36.7 Å². The number of carbonyl (C=O) groups excluding carboxylic acids is 1. The molecule has 1 aromatic heterocycles. The van der Waals surface area contributed by atoms with E-state index >= 15 is 0 Å². The minimum atomic E-state index is -0.0941. The fourth-order valence-electron chi connectivity index (χ4n) is 1.84. The van der Waals surface area contributed by atoms with Gasteiger partial charge in [-0.2, -0.15) is 0 Å². The van der Waals surface area contributed by atoms with Crippen LogP contribution in [0.3, 0.4) is 0 Å². The molecule has 1 aliphatic rings. The molecule has 1 aliphatic carbocycles. The van der Waals surface area contributed by atoms with Gasteiger partial charge in [-0.25, -0.2) is 4.68 Å². The van der Waals surface area contributed by atoms with Gasteiger partial charge in [0.1, 0.15) is 5.69 Å². The summed E-state index contributed by atoms with van der Waals surface area (Å²) < 4.78 is 1.60. The lowest BCUT2D eigenvalue weighted by Crippen LogP contribution is -2.35. The average Bonchev–Trinajstić information content (AvgIpc) is 2.78. The van der Waals surface area contributed by atoms with Crippen LogP contribution in [-0.2, 0) is 6.54 Å². The van der Waals surface area contributed by atoms with Crippen molar-refractivity contribution >= 4 is 5.91 Å². The molecule has 0 radical (unpaired) electrons. The fourth-order valence-corrected chi connectivity index (χ4v) is 1.84. The summed E-state index contributed by atoms with van der Waals surface area (Å²) in [6.45, 7) is 2.59. The first kappa shape index (κ1) is 10.9. The summed E-state index contributed by atoms with van der Waals surface area (Å²) in [5.41, 5.74) is 0.529. The summed E-state index contributed by atoms with van der Waals surface area (Å²) in [6, 6.07) is 0.154. The fraction of sp³-hybridized carbons (Fsp3) is 0.545. The van der Waals surface area contributed by atoms with Crippen molar-refractivity contribution in [2.24, 2.45) is 0 Å². The van der Waals surface area contributed by atoms with Crippen LogP contribution in [-0.4, -0.2) is 26.9 Å². The molecule has 0 saturated carbocycles. The Morgan fingerprint density at radius 1 is 1.69 bits per heavy atom. The molecule has 86 valence electrons. The maximum absolute atomic E-state index is 11.9. The first-order valence-corrected chi connectivity index (χ1v) is 5.67. The highest BCUT2D eigenvalue weighted by molar-refractivity contribution is 5.92. The van der Waals surface area contributed by atoms with Gasteiger partial charge in [-0.3, -0.25) is 4.79 Å². The Morgan fingerprint density at radius 2 is 2.56 bits per heavy atom. The van der Waals surface area contributed by atoms with Crippen molar-refractivity contribution in [2.45, 2.75) is 38.8 Å². The van der Waals surface area contributed by atoms with Gasteiger partial charge in [0.05, 0.1) is 6.20 Å². The molecule has 1 aromatic rings. The van der Waals surface area contributed by atoms with Crippen molar-refractivity contribution in [1.82, 2.24) is 20.3 Å². The molecule has 0 spiro atoms. The third-order valence-electron chi connectivity index (χ3n) is 2.72. The van der Waals surface area contributed by atoms with Crippen LogP contribution in [0, 0.1) is 0 Å². The van der Waals surface area contributed by atoms with E-state index in [-0.39, 0.29) is 11.9 Å². The van der Waals surface area contributed by atoms with Crippen molar-refractivity contribution in [2.75, 3.05) is 0 Å². The molecule has 16 heavy (non-hydrogen) atoms. The summed E-state index contributed by atoms with van der Waals surface area (Å²) in [7, 11) is 0. The number of amides is 1. The number of nitrogens with one attached hydrogen (secondary N) is 1. The van der Waals surface area contributed by atoms with E-state index in [1.165, 1.54) is 6.20 Å². The van der Waals surface area contributed by atoms with E-state index < -0.39 is 0 Å². The minimum Gasteiger partial charge on any atom is -0.344 e. The van der Waals surface area contributed by atoms with E-state index in [4.69, 9.17) is 0 Å². The van der Waals surface area contributed by atoms with E-state index in [1.54, 1.807) is 4.68 Å². The molecule has 0 fully saturated rings. The summed E-state index contributed by atoms with van der Waals surface area (Å²) >= 11 is 0. The van der Waals surface area contributed by atoms with Crippen LogP contribution in [0.2, 0.25) is 0 Å².